The summed E-state index contributed by atoms with van der Waals surface area (Å²) in [6.45, 7) is 5.44. The highest BCUT2D eigenvalue weighted by Crippen LogP contribution is 2.32. The number of carbonyl (C=O) groups excluding carboxylic acids is 1. The number of carbonyl (C=O) groups is 1. The molecule has 0 aliphatic rings. The predicted octanol–water partition coefficient (Wildman–Crippen LogP) is 5.33. The Hall–Kier alpha value is -4.16. The SMILES string of the molecule is COc1ncc(-c2ccc3nc(N)c(CNC(=O)OC(C)(C)C)cc3c2)cc1N[S+]([O-])c1ccc(F)cc1F. The van der Waals surface area contributed by atoms with Crippen LogP contribution in [0.3, 0.4) is 0 Å². The molecule has 0 radical (unpaired) electrons. The second-order valence-corrected chi connectivity index (χ2v) is 10.7. The van der Waals surface area contributed by atoms with E-state index < -0.39 is 34.7 Å². The number of rotatable bonds is 7. The van der Waals surface area contributed by atoms with Crippen LogP contribution in [0.15, 0.2) is 59.6 Å². The molecule has 12 heteroatoms. The number of nitrogen functional groups attached to an aromatic ring is 1. The number of nitrogens with zero attached hydrogens (tertiary/aromatic N) is 2. The summed E-state index contributed by atoms with van der Waals surface area (Å²) in [5.74, 6) is -1.30. The van der Waals surface area contributed by atoms with E-state index in [-0.39, 0.29) is 28.8 Å². The lowest BCUT2D eigenvalue weighted by Crippen LogP contribution is -2.32. The van der Waals surface area contributed by atoms with Gasteiger partial charge in [-0.05, 0) is 56.7 Å². The first-order valence-corrected chi connectivity index (χ1v) is 12.9. The zero-order valence-electron chi connectivity index (χ0n) is 21.7. The lowest BCUT2D eigenvalue weighted by Gasteiger charge is -2.19. The van der Waals surface area contributed by atoms with Gasteiger partial charge < -0.3 is 25.1 Å². The fraction of sp³-hybridized carbons (Fsp3) is 0.222. The zero-order valence-corrected chi connectivity index (χ0v) is 22.5. The Morgan fingerprint density at radius 1 is 1.10 bits per heavy atom. The molecule has 1 atom stereocenters. The van der Waals surface area contributed by atoms with Crippen molar-refractivity contribution in [3.63, 3.8) is 0 Å². The number of pyridine rings is 2. The van der Waals surface area contributed by atoms with E-state index >= 15 is 0 Å². The highest BCUT2D eigenvalue weighted by Gasteiger charge is 2.21. The first kappa shape index (κ1) is 27.9. The van der Waals surface area contributed by atoms with Crippen molar-refractivity contribution in [3.8, 4) is 17.0 Å². The van der Waals surface area contributed by atoms with E-state index in [1.165, 1.54) is 7.11 Å². The highest BCUT2D eigenvalue weighted by molar-refractivity contribution is 7.92. The number of aromatic nitrogens is 2. The number of alkyl carbamates (subject to hydrolysis) is 1. The van der Waals surface area contributed by atoms with Crippen LogP contribution in [-0.4, -0.2) is 33.3 Å². The van der Waals surface area contributed by atoms with E-state index in [0.29, 0.717) is 22.7 Å². The number of methoxy groups -OCH3 is 1. The van der Waals surface area contributed by atoms with Gasteiger partial charge >= 0.3 is 6.09 Å². The molecule has 0 spiro atoms. The summed E-state index contributed by atoms with van der Waals surface area (Å²) >= 11 is -2.05. The van der Waals surface area contributed by atoms with Crippen molar-refractivity contribution in [1.82, 2.24) is 15.3 Å². The summed E-state index contributed by atoms with van der Waals surface area (Å²) in [5, 5.41) is 3.43. The maximum absolute atomic E-state index is 14.1. The van der Waals surface area contributed by atoms with Crippen LogP contribution in [0, 0.1) is 11.6 Å². The molecule has 0 aliphatic heterocycles. The third-order valence-electron chi connectivity index (χ3n) is 5.42. The number of anilines is 2. The minimum absolute atomic E-state index is 0.123. The molecule has 4 aromatic rings. The van der Waals surface area contributed by atoms with Gasteiger partial charge in [-0.1, -0.05) is 6.07 Å². The summed E-state index contributed by atoms with van der Waals surface area (Å²) in [6.07, 6.45) is 1.00. The molecule has 0 fully saturated rings. The number of fused-ring (bicyclic) bond motifs is 1. The monoisotopic (exact) mass is 555 g/mol. The minimum atomic E-state index is -2.05. The van der Waals surface area contributed by atoms with Gasteiger partial charge in [-0.2, -0.15) is 4.72 Å². The first-order chi connectivity index (χ1) is 18.4. The van der Waals surface area contributed by atoms with Gasteiger partial charge in [-0.25, -0.2) is 23.5 Å². The molecule has 4 rings (SSSR count). The van der Waals surface area contributed by atoms with E-state index in [4.69, 9.17) is 15.2 Å². The van der Waals surface area contributed by atoms with Gasteiger partial charge in [-0.3, -0.25) is 0 Å². The Morgan fingerprint density at radius 2 is 1.87 bits per heavy atom. The third-order valence-corrected chi connectivity index (χ3v) is 6.56. The van der Waals surface area contributed by atoms with Crippen LogP contribution in [0.2, 0.25) is 0 Å². The van der Waals surface area contributed by atoms with Gasteiger partial charge in [-0.15, -0.1) is 0 Å². The Labute approximate surface area is 227 Å². The van der Waals surface area contributed by atoms with Crippen molar-refractivity contribution < 1.29 is 27.6 Å². The largest absolute Gasteiger partial charge is 0.588 e. The van der Waals surface area contributed by atoms with Gasteiger partial charge in [0, 0.05) is 41.4 Å². The van der Waals surface area contributed by atoms with Gasteiger partial charge in [0.2, 0.25) is 10.8 Å². The molecule has 0 bridgehead atoms. The van der Waals surface area contributed by atoms with Crippen LogP contribution in [0.25, 0.3) is 22.0 Å². The second-order valence-electron chi connectivity index (χ2n) is 9.52. The van der Waals surface area contributed by atoms with Gasteiger partial charge in [0.1, 0.15) is 34.3 Å². The molecule has 39 heavy (non-hydrogen) atoms. The van der Waals surface area contributed by atoms with Crippen LogP contribution < -0.4 is 20.5 Å². The maximum atomic E-state index is 14.1. The number of halogens is 2. The lowest BCUT2D eigenvalue weighted by molar-refractivity contribution is 0.0523. The fourth-order valence-corrected chi connectivity index (χ4v) is 4.55. The van der Waals surface area contributed by atoms with E-state index in [1.807, 2.05) is 18.2 Å². The molecule has 1 unspecified atom stereocenters. The average molecular weight is 556 g/mol. The van der Waals surface area contributed by atoms with E-state index in [9.17, 15) is 18.1 Å². The van der Waals surface area contributed by atoms with Crippen molar-refractivity contribution in [2.75, 3.05) is 17.6 Å². The van der Waals surface area contributed by atoms with Crippen molar-refractivity contribution in [2.45, 2.75) is 37.8 Å². The second kappa shape index (κ2) is 11.3. The third kappa shape index (κ3) is 6.84. The van der Waals surface area contributed by atoms with Crippen molar-refractivity contribution in [1.29, 1.82) is 0 Å². The van der Waals surface area contributed by atoms with Gasteiger partial charge in [0.05, 0.1) is 12.6 Å². The zero-order chi connectivity index (χ0) is 28.3. The Bertz CT molecular complexity index is 1530. The average Bonchev–Trinajstić information content (AvgIpc) is 2.86. The molecular formula is C27H27F2N5O4S. The van der Waals surface area contributed by atoms with E-state index in [2.05, 4.69) is 20.0 Å². The van der Waals surface area contributed by atoms with Gasteiger partial charge in [0.25, 0.3) is 0 Å². The summed E-state index contributed by atoms with van der Waals surface area (Å²) in [6, 6.07) is 11.7. The molecular weight excluding hydrogens is 528 g/mol. The van der Waals surface area contributed by atoms with Crippen molar-refractivity contribution in [3.05, 3.63) is 71.9 Å². The quantitative estimate of drug-likeness (QED) is 0.261. The normalized spacial score (nSPS) is 12.2. The lowest BCUT2D eigenvalue weighted by atomic mass is 10.0. The number of amides is 1. The molecule has 2 aromatic heterocycles. The molecule has 9 nitrogen and oxygen atoms in total. The van der Waals surface area contributed by atoms with Crippen LogP contribution in [-0.2, 0) is 22.6 Å². The number of benzene rings is 2. The minimum Gasteiger partial charge on any atom is -0.588 e. The fourth-order valence-electron chi connectivity index (χ4n) is 3.66. The standard InChI is InChI=1S/C27H27F2N5O4S/c1-27(2,3)38-26(35)32-14-18-10-16-9-15(5-7-21(16)33-24(18)30)17-11-22(25(37-4)31-13-17)34-39(36)23-8-6-19(28)12-20(23)29/h5-13,34H,14H2,1-4H3,(H2,30,33)(H,32,35). The summed E-state index contributed by atoms with van der Waals surface area (Å²) in [7, 11) is 1.40. The molecule has 0 aliphatic carbocycles. The van der Waals surface area contributed by atoms with E-state index in [0.717, 1.165) is 23.1 Å². The molecule has 0 saturated heterocycles. The molecule has 0 saturated carbocycles. The van der Waals surface area contributed by atoms with Crippen LogP contribution in [0.5, 0.6) is 5.88 Å². The maximum Gasteiger partial charge on any atom is 0.407 e. The van der Waals surface area contributed by atoms with Gasteiger partial charge in [0.15, 0.2) is 5.82 Å². The van der Waals surface area contributed by atoms with Crippen LogP contribution in [0.1, 0.15) is 26.3 Å². The molecule has 204 valence electrons. The molecule has 2 heterocycles. The summed E-state index contributed by atoms with van der Waals surface area (Å²) in [5.41, 5.74) is 8.36. The van der Waals surface area contributed by atoms with Crippen LogP contribution in [0.4, 0.5) is 25.1 Å². The highest BCUT2D eigenvalue weighted by atomic mass is 32.2. The molecule has 4 N–H and O–H groups in total. The van der Waals surface area contributed by atoms with Crippen LogP contribution >= 0.6 is 0 Å². The Kier molecular flexibility index (Phi) is 8.07. The number of hydrogen-bond donors (Lipinski definition) is 3. The van der Waals surface area contributed by atoms with Crippen molar-refractivity contribution >= 4 is 39.9 Å². The molecule has 2 aromatic carbocycles. The topological polar surface area (TPSA) is 134 Å². The predicted molar refractivity (Wildman–Crippen MR) is 145 cm³/mol. The Morgan fingerprint density at radius 3 is 2.56 bits per heavy atom. The number of hydrogen-bond acceptors (Lipinski definition) is 8. The molecule has 1 amide bonds. The number of nitrogens with two attached hydrogens (primary N) is 1. The number of ether oxygens (including phenoxy) is 2. The summed E-state index contributed by atoms with van der Waals surface area (Å²) in [4.78, 5) is 20.5. The smallest absolute Gasteiger partial charge is 0.407 e. The Balaban J connectivity index is 1.61. The van der Waals surface area contributed by atoms with E-state index in [1.54, 1.807) is 39.1 Å². The first-order valence-electron chi connectivity index (χ1n) is 11.8. The summed E-state index contributed by atoms with van der Waals surface area (Å²) < 4.78 is 53.4. The van der Waals surface area contributed by atoms with Crippen molar-refractivity contribution in [2.24, 2.45) is 0 Å². The number of nitrogens with one attached hydrogen (secondary N) is 2.